The average Bonchev–Trinajstić information content (AvgIpc) is 3.36. The number of ether oxygens (including phenoxy) is 2. The minimum absolute atomic E-state index is 0.0342. The smallest absolute Gasteiger partial charge is 0.462 e. The monoisotopic (exact) mass is 1010 g/mol. The van der Waals surface area contributed by atoms with Crippen molar-refractivity contribution in [2.24, 2.45) is 0 Å². The summed E-state index contributed by atoms with van der Waals surface area (Å²) in [5.74, 6) is -0.0683. The van der Waals surface area contributed by atoms with Crippen LogP contribution in [0.5, 0.6) is 0 Å². The minimum atomic E-state index is -3.67. The molecule has 0 aromatic heterocycles. The number of likely N-dealkylation sites (tertiary alicyclic amines) is 1. The van der Waals surface area contributed by atoms with Gasteiger partial charge in [-0.2, -0.15) is 0 Å². The van der Waals surface area contributed by atoms with Crippen molar-refractivity contribution in [3.05, 3.63) is 0 Å². The molecule has 0 bridgehead atoms. The molecule has 70 heavy (non-hydrogen) atoms. The molecule has 0 saturated carbocycles. The Morgan fingerprint density at radius 1 is 0.371 bits per heavy atom. The molecule has 0 spiro atoms. The van der Waals surface area contributed by atoms with Gasteiger partial charge in [0.2, 0.25) is 0 Å². The molecule has 0 unspecified atom stereocenters. The van der Waals surface area contributed by atoms with Crippen LogP contribution >= 0.6 is 7.82 Å². The second-order valence-corrected chi connectivity index (χ2v) is 23.1. The number of piperidine rings is 1. The van der Waals surface area contributed by atoms with E-state index in [0.29, 0.717) is 32.7 Å². The van der Waals surface area contributed by atoms with Gasteiger partial charge >= 0.3 is 19.8 Å². The van der Waals surface area contributed by atoms with Crippen LogP contribution in [-0.2, 0) is 37.2 Å². The number of phosphoric ester groups is 1. The third-order valence-corrected chi connectivity index (χ3v) is 16.0. The van der Waals surface area contributed by atoms with E-state index in [1.165, 1.54) is 161 Å². The predicted molar refractivity (Wildman–Crippen MR) is 297 cm³/mol. The second-order valence-electron chi connectivity index (χ2n) is 21.4. The van der Waals surface area contributed by atoms with E-state index in [1.54, 1.807) is 0 Å². The van der Waals surface area contributed by atoms with E-state index in [0.717, 1.165) is 141 Å². The van der Waals surface area contributed by atoms with Crippen LogP contribution in [0.15, 0.2) is 0 Å². The number of carbonyl (C=O) groups excluding carboxylic acids is 2. The molecule has 0 aliphatic carbocycles. The van der Waals surface area contributed by atoms with E-state index in [1.807, 2.05) is 0 Å². The summed E-state index contributed by atoms with van der Waals surface area (Å²) in [6, 6.07) is 0. The lowest BCUT2D eigenvalue weighted by molar-refractivity contribution is -0.151. The summed E-state index contributed by atoms with van der Waals surface area (Å²) in [7, 11) is -3.67. The Hall–Kier alpha value is -0.990. The molecule has 9 nitrogen and oxygen atoms in total. The molecule has 1 aliphatic rings. The molecule has 1 aliphatic heterocycles. The highest BCUT2D eigenvalue weighted by atomic mass is 31.2. The highest BCUT2D eigenvalue weighted by Crippen LogP contribution is 2.50. The fourth-order valence-corrected chi connectivity index (χ4v) is 11.1. The van der Waals surface area contributed by atoms with Crippen LogP contribution in [0.2, 0.25) is 0 Å². The van der Waals surface area contributed by atoms with Gasteiger partial charge < -0.3 is 14.4 Å². The zero-order chi connectivity index (χ0) is 50.7. The number of nitrogens with zero attached hydrogens (tertiary/aromatic N) is 1. The maximum atomic E-state index is 13.8. The van der Waals surface area contributed by atoms with Crippen molar-refractivity contribution >= 4 is 19.8 Å². The van der Waals surface area contributed by atoms with E-state index < -0.39 is 7.82 Å². The summed E-state index contributed by atoms with van der Waals surface area (Å²) < 4.78 is 43.7. The van der Waals surface area contributed by atoms with E-state index in [4.69, 9.17) is 23.0 Å². The largest absolute Gasteiger partial charge is 0.474 e. The molecule has 0 atom stereocenters. The fourth-order valence-electron chi connectivity index (χ4n) is 9.86. The van der Waals surface area contributed by atoms with Crippen molar-refractivity contribution < 1.29 is 37.2 Å². The van der Waals surface area contributed by atoms with Crippen molar-refractivity contribution in [2.45, 2.75) is 335 Å². The SMILES string of the molecule is CCCCCCCCC(CCCCCCCC)OC(=O)CCCCCCCOP(=O)(OCCCCCCCC(=O)OC(CCCCCCCC)CCCCCCCC)OCCCCCN1CCCCC1. The van der Waals surface area contributed by atoms with Crippen molar-refractivity contribution in [2.75, 3.05) is 39.5 Å². The Kier molecular flexibility index (Phi) is 49.3. The van der Waals surface area contributed by atoms with E-state index in [2.05, 4.69) is 32.6 Å². The Labute approximate surface area is 434 Å². The van der Waals surface area contributed by atoms with Crippen molar-refractivity contribution in [1.82, 2.24) is 4.90 Å². The third kappa shape index (κ3) is 44.5. The molecule has 1 fully saturated rings. The summed E-state index contributed by atoms with van der Waals surface area (Å²) in [4.78, 5) is 28.3. The van der Waals surface area contributed by atoms with Gasteiger partial charge in [0.15, 0.2) is 0 Å². The van der Waals surface area contributed by atoms with Crippen LogP contribution in [0, 0.1) is 0 Å². The number of rotatable bonds is 55. The molecule has 416 valence electrons. The van der Waals surface area contributed by atoms with Crippen molar-refractivity contribution in [1.29, 1.82) is 0 Å². The third-order valence-electron chi connectivity index (χ3n) is 14.5. The molecule has 1 heterocycles. The lowest BCUT2D eigenvalue weighted by Gasteiger charge is -2.26. The van der Waals surface area contributed by atoms with Crippen LogP contribution in [0.3, 0.4) is 0 Å². The Bertz CT molecular complexity index is 1070. The molecule has 1 saturated heterocycles. The van der Waals surface area contributed by atoms with Gasteiger partial charge in [-0.1, -0.05) is 201 Å². The lowest BCUT2D eigenvalue weighted by atomic mass is 10.0. The van der Waals surface area contributed by atoms with Gasteiger partial charge in [0.25, 0.3) is 0 Å². The Morgan fingerprint density at radius 2 is 0.657 bits per heavy atom. The molecule has 0 amide bonds. The molecular weight excluding hydrogens is 894 g/mol. The van der Waals surface area contributed by atoms with Crippen molar-refractivity contribution in [3.63, 3.8) is 0 Å². The number of unbranched alkanes of at least 4 members (excludes halogenated alkanes) is 30. The summed E-state index contributed by atoms with van der Waals surface area (Å²) in [6.07, 6.45) is 51.4. The molecule has 10 heteroatoms. The van der Waals surface area contributed by atoms with Crippen LogP contribution in [0.1, 0.15) is 323 Å². The van der Waals surface area contributed by atoms with Gasteiger partial charge in [-0.3, -0.25) is 23.2 Å². The first-order chi connectivity index (χ1) is 34.4. The zero-order valence-corrected chi connectivity index (χ0v) is 48.0. The number of hydrogen-bond acceptors (Lipinski definition) is 9. The number of carbonyl (C=O) groups is 2. The minimum Gasteiger partial charge on any atom is -0.462 e. The van der Waals surface area contributed by atoms with E-state index >= 15 is 0 Å². The second kappa shape index (κ2) is 51.5. The fraction of sp³-hybridized carbons (Fsp3) is 0.967. The first-order valence-corrected chi connectivity index (χ1v) is 32.5. The van der Waals surface area contributed by atoms with Crippen LogP contribution < -0.4 is 0 Å². The molecule has 1 rings (SSSR count). The predicted octanol–water partition coefficient (Wildman–Crippen LogP) is 19.3. The Morgan fingerprint density at radius 3 is 1.00 bits per heavy atom. The maximum absolute atomic E-state index is 13.8. The van der Waals surface area contributed by atoms with E-state index in [9.17, 15) is 14.2 Å². The highest BCUT2D eigenvalue weighted by Gasteiger charge is 2.26. The molecular formula is C60H118NO8P. The molecule has 0 N–H and O–H groups in total. The summed E-state index contributed by atoms with van der Waals surface area (Å²) in [5, 5.41) is 0. The highest BCUT2D eigenvalue weighted by molar-refractivity contribution is 7.48. The van der Waals surface area contributed by atoms with Gasteiger partial charge in [0.1, 0.15) is 12.2 Å². The van der Waals surface area contributed by atoms with Crippen LogP contribution in [-0.4, -0.2) is 68.5 Å². The first-order valence-electron chi connectivity index (χ1n) is 31.0. The zero-order valence-electron chi connectivity index (χ0n) is 47.1. The number of esters is 2. The standard InChI is InChI=1S/C60H118NO8P/c1-5-9-13-17-23-33-45-57(46-34-24-18-14-10-6-2)68-59(62)49-37-27-21-29-42-54-65-70(64,67-56-44-32-41-53-61-51-39-31-40-52-61)66-55-43-30-22-28-38-50-60(63)69-58(47-35-25-19-15-11-7-3)48-36-26-20-16-12-8-4/h57-58H,5-56H2,1-4H3. The van der Waals surface area contributed by atoms with Crippen LogP contribution in [0.4, 0.5) is 0 Å². The normalized spacial score (nSPS) is 13.5. The number of hydrogen-bond donors (Lipinski definition) is 0. The maximum Gasteiger partial charge on any atom is 0.474 e. The summed E-state index contributed by atoms with van der Waals surface area (Å²) in [5.41, 5.74) is 0. The molecule has 0 aromatic rings. The first kappa shape index (κ1) is 67.0. The summed E-state index contributed by atoms with van der Waals surface area (Å²) in [6.45, 7) is 13.6. The lowest BCUT2D eigenvalue weighted by Crippen LogP contribution is -2.30. The van der Waals surface area contributed by atoms with Gasteiger partial charge in [-0.25, -0.2) is 4.57 Å². The van der Waals surface area contributed by atoms with E-state index in [-0.39, 0.29) is 24.1 Å². The quantitative estimate of drug-likeness (QED) is 0.0335. The van der Waals surface area contributed by atoms with Gasteiger partial charge in [0.05, 0.1) is 19.8 Å². The topological polar surface area (TPSA) is 101 Å². The van der Waals surface area contributed by atoms with Crippen LogP contribution in [0.25, 0.3) is 0 Å². The Balaban J connectivity index is 2.44. The van der Waals surface area contributed by atoms with Gasteiger partial charge in [-0.15, -0.1) is 0 Å². The van der Waals surface area contributed by atoms with Gasteiger partial charge in [0, 0.05) is 12.8 Å². The number of phosphoric acid groups is 1. The molecule has 0 aromatic carbocycles. The van der Waals surface area contributed by atoms with Gasteiger partial charge in [-0.05, 0) is 129 Å². The molecule has 0 radical (unpaired) electrons. The van der Waals surface area contributed by atoms with Crippen molar-refractivity contribution in [3.8, 4) is 0 Å². The average molecular weight is 1010 g/mol. The summed E-state index contributed by atoms with van der Waals surface area (Å²) >= 11 is 0.